The van der Waals surface area contributed by atoms with Gasteiger partial charge in [0.1, 0.15) is 0 Å². The van der Waals surface area contributed by atoms with E-state index in [9.17, 15) is 5.11 Å². The Morgan fingerprint density at radius 2 is 2.28 bits per heavy atom. The third kappa shape index (κ3) is 3.23. The van der Waals surface area contributed by atoms with Crippen LogP contribution in [0.3, 0.4) is 0 Å². The van der Waals surface area contributed by atoms with Gasteiger partial charge in [-0.25, -0.2) is 0 Å². The van der Waals surface area contributed by atoms with Crippen LogP contribution in [0, 0.1) is 5.92 Å². The molecule has 1 aliphatic heterocycles. The van der Waals surface area contributed by atoms with Crippen molar-refractivity contribution >= 4 is 11.6 Å². The molecular weight excluding hydrogens is 248 g/mol. The van der Waals surface area contributed by atoms with Crippen LogP contribution in [0.25, 0.3) is 0 Å². The minimum atomic E-state index is -0.227. The Bertz CT molecular complexity index is 397. The first-order valence-electron chi connectivity index (χ1n) is 6.58. The molecule has 3 N–H and O–H groups in total. The Kier molecular flexibility index (Phi) is 5.01. The molecule has 2 atom stereocenters. The van der Waals surface area contributed by atoms with Crippen LogP contribution in [0.1, 0.15) is 18.1 Å². The van der Waals surface area contributed by atoms with Crippen molar-refractivity contribution in [2.24, 2.45) is 5.92 Å². The minimum Gasteiger partial charge on any atom is -0.391 e. The van der Waals surface area contributed by atoms with Crippen molar-refractivity contribution < 1.29 is 5.11 Å². The van der Waals surface area contributed by atoms with Crippen LogP contribution in [0.2, 0.25) is 5.02 Å². The monoisotopic (exact) mass is 268 g/mol. The molecule has 0 radical (unpaired) electrons. The highest BCUT2D eigenvalue weighted by molar-refractivity contribution is 6.31. The minimum absolute atomic E-state index is 0.227. The zero-order valence-corrected chi connectivity index (χ0v) is 11.5. The first-order valence-corrected chi connectivity index (χ1v) is 6.96. The molecule has 2 unspecified atom stereocenters. The van der Waals surface area contributed by atoms with E-state index in [-0.39, 0.29) is 6.10 Å². The van der Waals surface area contributed by atoms with Crippen molar-refractivity contribution in [3.63, 3.8) is 0 Å². The Morgan fingerprint density at radius 1 is 1.44 bits per heavy atom. The summed E-state index contributed by atoms with van der Waals surface area (Å²) in [6.07, 6.45) is 0.764. The number of aliphatic hydroxyl groups is 1. The average molecular weight is 269 g/mol. The number of rotatable bonds is 5. The van der Waals surface area contributed by atoms with Crippen LogP contribution in [0.5, 0.6) is 0 Å². The highest BCUT2D eigenvalue weighted by Crippen LogP contribution is 2.20. The lowest BCUT2D eigenvalue weighted by molar-refractivity contribution is 0.146. The van der Waals surface area contributed by atoms with Gasteiger partial charge in [-0.05, 0) is 23.6 Å². The van der Waals surface area contributed by atoms with Gasteiger partial charge in [0, 0.05) is 37.1 Å². The lowest BCUT2D eigenvalue weighted by Crippen LogP contribution is -2.30. The van der Waals surface area contributed by atoms with Gasteiger partial charge in [-0.1, -0.05) is 30.7 Å². The van der Waals surface area contributed by atoms with E-state index >= 15 is 0 Å². The molecule has 1 saturated heterocycles. The normalized spacial score (nSPS) is 23.5. The molecule has 0 saturated carbocycles. The summed E-state index contributed by atoms with van der Waals surface area (Å²) in [5.41, 5.74) is 2.47. The van der Waals surface area contributed by atoms with Gasteiger partial charge in [0.25, 0.3) is 0 Å². The summed E-state index contributed by atoms with van der Waals surface area (Å²) in [4.78, 5) is 0. The molecule has 0 amide bonds. The molecule has 100 valence electrons. The summed E-state index contributed by atoms with van der Waals surface area (Å²) in [5.74, 6) is 0.303. The van der Waals surface area contributed by atoms with Crippen LogP contribution in [0.4, 0.5) is 0 Å². The van der Waals surface area contributed by atoms with Crippen LogP contribution in [-0.4, -0.2) is 30.8 Å². The molecule has 1 aromatic rings. The number of benzene rings is 1. The lowest BCUT2D eigenvalue weighted by atomic mass is 10.0. The molecule has 3 nitrogen and oxygen atoms in total. The number of nitrogens with one attached hydrogen (secondary N) is 2. The molecule has 1 fully saturated rings. The maximum atomic E-state index is 9.71. The van der Waals surface area contributed by atoms with Gasteiger partial charge in [-0.15, -0.1) is 0 Å². The zero-order chi connectivity index (χ0) is 13.0. The number of aryl methyl sites for hydroxylation is 1. The number of hydrogen-bond donors (Lipinski definition) is 3. The molecule has 1 aliphatic rings. The average Bonchev–Trinajstić information content (AvgIpc) is 2.77. The predicted molar refractivity (Wildman–Crippen MR) is 74.9 cm³/mol. The third-order valence-corrected chi connectivity index (χ3v) is 3.96. The van der Waals surface area contributed by atoms with Crippen molar-refractivity contribution in [3.8, 4) is 0 Å². The third-order valence-electron chi connectivity index (χ3n) is 3.61. The second-order valence-corrected chi connectivity index (χ2v) is 5.25. The van der Waals surface area contributed by atoms with Crippen molar-refractivity contribution in [2.45, 2.75) is 26.0 Å². The smallest absolute Gasteiger partial charge is 0.0716 e. The second kappa shape index (κ2) is 6.53. The molecule has 0 aliphatic carbocycles. The molecule has 0 bridgehead atoms. The number of halogens is 1. The largest absolute Gasteiger partial charge is 0.391 e. The quantitative estimate of drug-likeness (QED) is 0.760. The standard InChI is InChI=1S/C14H21ClN2O/c1-2-10-4-3-5-13(15)12(10)8-16-6-11-7-17-9-14(11)18/h3-5,11,14,16-18H,2,6-9H2,1H3. The van der Waals surface area contributed by atoms with Crippen molar-refractivity contribution in [1.82, 2.24) is 10.6 Å². The molecule has 1 aromatic carbocycles. The first-order chi connectivity index (χ1) is 8.72. The van der Waals surface area contributed by atoms with Crippen LogP contribution in [-0.2, 0) is 13.0 Å². The maximum absolute atomic E-state index is 9.71. The summed E-state index contributed by atoms with van der Waals surface area (Å²) < 4.78 is 0. The molecule has 4 heteroatoms. The van der Waals surface area contributed by atoms with E-state index < -0.39 is 0 Å². The summed E-state index contributed by atoms with van der Waals surface area (Å²) in [6.45, 7) is 5.32. The van der Waals surface area contributed by atoms with E-state index in [1.807, 2.05) is 12.1 Å². The SMILES string of the molecule is CCc1cccc(Cl)c1CNCC1CNCC1O. The molecule has 0 aromatic heterocycles. The molecule has 2 rings (SSSR count). The fourth-order valence-electron chi connectivity index (χ4n) is 2.44. The second-order valence-electron chi connectivity index (χ2n) is 4.85. The predicted octanol–water partition coefficient (Wildman–Crippen LogP) is 1.57. The van der Waals surface area contributed by atoms with Crippen molar-refractivity contribution in [1.29, 1.82) is 0 Å². The Balaban J connectivity index is 1.90. The van der Waals surface area contributed by atoms with Gasteiger partial charge in [0.2, 0.25) is 0 Å². The summed E-state index contributed by atoms with van der Waals surface area (Å²) in [5, 5.41) is 17.1. The highest BCUT2D eigenvalue weighted by Gasteiger charge is 2.24. The van der Waals surface area contributed by atoms with Gasteiger partial charge in [0.05, 0.1) is 6.10 Å². The van der Waals surface area contributed by atoms with Crippen molar-refractivity contribution in [3.05, 3.63) is 34.3 Å². The summed E-state index contributed by atoms with van der Waals surface area (Å²) in [6, 6.07) is 6.05. The molecule has 0 spiro atoms. The van der Waals surface area contributed by atoms with Crippen LogP contribution < -0.4 is 10.6 Å². The maximum Gasteiger partial charge on any atom is 0.0716 e. The molecule has 18 heavy (non-hydrogen) atoms. The highest BCUT2D eigenvalue weighted by atomic mass is 35.5. The van der Waals surface area contributed by atoms with Gasteiger partial charge >= 0.3 is 0 Å². The lowest BCUT2D eigenvalue weighted by Gasteiger charge is -2.16. The summed E-state index contributed by atoms with van der Waals surface area (Å²) >= 11 is 6.23. The van der Waals surface area contributed by atoms with Crippen LogP contribution in [0.15, 0.2) is 18.2 Å². The zero-order valence-electron chi connectivity index (χ0n) is 10.7. The van der Waals surface area contributed by atoms with Crippen molar-refractivity contribution in [2.75, 3.05) is 19.6 Å². The Labute approximate surface area is 114 Å². The van der Waals surface area contributed by atoms with E-state index in [4.69, 9.17) is 11.6 Å². The summed E-state index contributed by atoms with van der Waals surface area (Å²) in [7, 11) is 0. The van der Waals surface area contributed by atoms with E-state index in [1.54, 1.807) is 0 Å². The number of aliphatic hydroxyl groups excluding tert-OH is 1. The van der Waals surface area contributed by atoms with Gasteiger partial charge in [-0.2, -0.15) is 0 Å². The first kappa shape index (κ1) is 13.8. The molecule has 1 heterocycles. The number of hydrogen-bond acceptors (Lipinski definition) is 3. The van der Waals surface area contributed by atoms with Gasteiger partial charge in [0.15, 0.2) is 0 Å². The van der Waals surface area contributed by atoms with E-state index in [2.05, 4.69) is 23.6 Å². The topological polar surface area (TPSA) is 44.3 Å². The van der Waals surface area contributed by atoms with Gasteiger partial charge < -0.3 is 15.7 Å². The fraction of sp³-hybridized carbons (Fsp3) is 0.571. The van der Waals surface area contributed by atoms with Crippen LogP contribution >= 0.6 is 11.6 Å². The van der Waals surface area contributed by atoms with Gasteiger partial charge in [-0.3, -0.25) is 0 Å². The Hall–Kier alpha value is -0.610. The van der Waals surface area contributed by atoms with E-state index in [0.717, 1.165) is 31.1 Å². The molecular formula is C14H21ClN2O. The fourth-order valence-corrected chi connectivity index (χ4v) is 2.70. The number of β-amino-alcohol motifs (C(OH)–C–C–N with tert-alkyl or cyclic N) is 1. The van der Waals surface area contributed by atoms with E-state index in [1.165, 1.54) is 11.1 Å². The van der Waals surface area contributed by atoms with E-state index in [0.29, 0.717) is 12.5 Å². The Morgan fingerprint density at radius 3 is 2.94 bits per heavy atom.